The molecular formula is C21H27F2N3O3S. The molecule has 0 radical (unpaired) electrons. The van der Waals surface area contributed by atoms with E-state index in [2.05, 4.69) is 21.9 Å². The number of halogens is 2. The Balaban J connectivity index is 2.46. The van der Waals surface area contributed by atoms with Gasteiger partial charge in [-0.2, -0.15) is 5.10 Å². The molecule has 9 heteroatoms. The third kappa shape index (κ3) is 5.86. The Hall–Kier alpha value is -2.31. The predicted octanol–water partition coefficient (Wildman–Crippen LogP) is 2.93. The van der Waals surface area contributed by atoms with Crippen molar-refractivity contribution in [3.63, 3.8) is 0 Å². The molecule has 2 aromatic rings. The average Bonchev–Trinajstić information content (AvgIpc) is 3.04. The Morgan fingerprint density at radius 2 is 1.83 bits per heavy atom. The van der Waals surface area contributed by atoms with E-state index in [0.29, 0.717) is 6.07 Å². The van der Waals surface area contributed by atoms with E-state index in [4.69, 9.17) is 0 Å². The molecule has 0 aliphatic heterocycles. The zero-order valence-corrected chi connectivity index (χ0v) is 18.6. The summed E-state index contributed by atoms with van der Waals surface area (Å²) in [6.45, 7) is 8.36. The Labute approximate surface area is 176 Å². The molecule has 164 valence electrons. The smallest absolute Gasteiger partial charge is 0.162 e. The lowest BCUT2D eigenvalue weighted by molar-refractivity contribution is -0.0811. The molecule has 1 aromatic heterocycles. The van der Waals surface area contributed by atoms with Gasteiger partial charge in [0.15, 0.2) is 9.84 Å². The molecule has 0 bridgehead atoms. The van der Waals surface area contributed by atoms with Crippen molar-refractivity contribution >= 4 is 9.84 Å². The van der Waals surface area contributed by atoms with Gasteiger partial charge in [0.2, 0.25) is 0 Å². The second-order valence-corrected chi connectivity index (χ2v) is 11.1. The summed E-state index contributed by atoms with van der Waals surface area (Å²) in [5, 5.41) is 15.6. The quantitative estimate of drug-likeness (QED) is 0.671. The van der Waals surface area contributed by atoms with Crippen LogP contribution in [0.25, 0.3) is 0 Å². The van der Waals surface area contributed by atoms with Crippen molar-refractivity contribution in [3.05, 3.63) is 48.1 Å². The van der Waals surface area contributed by atoms with Crippen LogP contribution in [0, 0.1) is 34.3 Å². The molecule has 0 fully saturated rings. The number of aliphatic hydroxyl groups is 1. The van der Waals surface area contributed by atoms with Crippen molar-refractivity contribution in [2.45, 2.75) is 46.8 Å². The number of hydrogen-bond donors (Lipinski definition) is 1. The molecule has 2 rings (SSSR count). The molecule has 0 aliphatic rings. The van der Waals surface area contributed by atoms with Gasteiger partial charge in [-0.15, -0.1) is 0 Å². The molecule has 1 N–H and O–H groups in total. The topological polar surface area (TPSA) is 85.1 Å². The van der Waals surface area contributed by atoms with Gasteiger partial charge in [0.05, 0.1) is 12.3 Å². The third-order valence-electron chi connectivity index (χ3n) is 4.69. The number of sulfone groups is 1. The first kappa shape index (κ1) is 24.0. The standard InChI is InChI=1S/C21H27F2N3O3S/c1-19(2,3)9-6-10-30(28,29)13-20(4,5)21(27,12-26-15-24-14-25-26)17-8-7-16(22)11-18(17)23/h7-8,11,14-15,27H,10,12-13H2,1-5H3. The van der Waals surface area contributed by atoms with Gasteiger partial charge in [0.1, 0.15) is 35.6 Å². The summed E-state index contributed by atoms with van der Waals surface area (Å²) in [6, 6.07) is 2.79. The minimum atomic E-state index is -3.73. The maximum Gasteiger partial charge on any atom is 0.162 e. The minimum Gasteiger partial charge on any atom is -0.383 e. The fourth-order valence-electron chi connectivity index (χ4n) is 3.17. The fraction of sp³-hybridized carbons (Fsp3) is 0.524. The predicted molar refractivity (Wildman–Crippen MR) is 110 cm³/mol. The van der Waals surface area contributed by atoms with Crippen LogP contribution < -0.4 is 0 Å². The second-order valence-electron chi connectivity index (χ2n) is 9.05. The molecule has 6 nitrogen and oxygen atoms in total. The van der Waals surface area contributed by atoms with Crippen LogP contribution in [0.2, 0.25) is 0 Å². The molecule has 1 atom stereocenters. The van der Waals surface area contributed by atoms with Gasteiger partial charge in [-0.1, -0.05) is 31.8 Å². The van der Waals surface area contributed by atoms with Crippen LogP contribution in [-0.2, 0) is 22.0 Å². The van der Waals surface area contributed by atoms with Gasteiger partial charge in [-0.3, -0.25) is 0 Å². The zero-order valence-electron chi connectivity index (χ0n) is 17.8. The molecule has 0 spiro atoms. The van der Waals surface area contributed by atoms with Crippen LogP contribution in [0.15, 0.2) is 30.9 Å². The summed E-state index contributed by atoms with van der Waals surface area (Å²) >= 11 is 0. The van der Waals surface area contributed by atoms with Crippen molar-refractivity contribution in [1.29, 1.82) is 0 Å². The molecule has 0 aliphatic carbocycles. The molecule has 0 saturated carbocycles. The first-order chi connectivity index (χ1) is 13.7. The fourth-order valence-corrected chi connectivity index (χ4v) is 4.90. The first-order valence-electron chi connectivity index (χ1n) is 9.36. The van der Waals surface area contributed by atoms with Gasteiger partial charge < -0.3 is 5.11 Å². The maximum atomic E-state index is 14.7. The Morgan fingerprint density at radius 3 is 2.37 bits per heavy atom. The monoisotopic (exact) mass is 439 g/mol. The van der Waals surface area contributed by atoms with Crippen LogP contribution in [0.1, 0.15) is 40.2 Å². The number of nitrogens with zero attached hydrogens (tertiary/aromatic N) is 3. The van der Waals surface area contributed by atoms with E-state index < -0.39 is 38.2 Å². The van der Waals surface area contributed by atoms with Crippen LogP contribution in [0.4, 0.5) is 8.78 Å². The van der Waals surface area contributed by atoms with Crippen LogP contribution >= 0.6 is 0 Å². The average molecular weight is 440 g/mol. The van der Waals surface area contributed by atoms with E-state index in [1.54, 1.807) is 0 Å². The molecule has 0 amide bonds. The van der Waals surface area contributed by atoms with Crippen molar-refractivity contribution in [3.8, 4) is 11.8 Å². The minimum absolute atomic E-state index is 0.222. The number of aromatic nitrogens is 3. The Bertz CT molecular complexity index is 1050. The molecule has 1 aromatic carbocycles. The molecule has 1 heterocycles. The zero-order chi connectivity index (χ0) is 22.8. The van der Waals surface area contributed by atoms with Gasteiger partial charge in [-0.25, -0.2) is 26.9 Å². The number of hydrogen-bond acceptors (Lipinski definition) is 5. The van der Waals surface area contributed by atoms with E-state index >= 15 is 0 Å². The largest absolute Gasteiger partial charge is 0.383 e. The summed E-state index contributed by atoms with van der Waals surface area (Å²) in [6.07, 6.45) is 2.57. The maximum absolute atomic E-state index is 14.7. The Kier molecular flexibility index (Phi) is 6.74. The summed E-state index contributed by atoms with van der Waals surface area (Å²) < 4.78 is 54.9. The summed E-state index contributed by atoms with van der Waals surface area (Å²) in [4.78, 5) is 3.81. The highest BCUT2D eigenvalue weighted by atomic mass is 32.2. The van der Waals surface area contributed by atoms with Gasteiger partial charge in [0, 0.05) is 22.5 Å². The normalized spacial score (nSPS) is 14.7. The summed E-state index contributed by atoms with van der Waals surface area (Å²) in [5.41, 5.74) is -3.97. The van der Waals surface area contributed by atoms with E-state index in [1.165, 1.54) is 31.2 Å². The summed E-state index contributed by atoms with van der Waals surface area (Å²) in [5.74, 6) is 2.90. The molecule has 0 saturated heterocycles. The van der Waals surface area contributed by atoms with Gasteiger partial charge >= 0.3 is 0 Å². The third-order valence-corrected chi connectivity index (χ3v) is 6.44. The van der Waals surface area contributed by atoms with Crippen molar-refractivity contribution in [1.82, 2.24) is 14.8 Å². The number of rotatable bonds is 7. The van der Waals surface area contributed by atoms with E-state index in [-0.39, 0.29) is 23.3 Å². The molecular weight excluding hydrogens is 412 g/mol. The highest BCUT2D eigenvalue weighted by molar-refractivity contribution is 7.91. The first-order valence-corrected chi connectivity index (χ1v) is 11.2. The molecule has 1 unspecified atom stereocenters. The van der Waals surface area contributed by atoms with Crippen molar-refractivity contribution < 1.29 is 22.3 Å². The molecule has 30 heavy (non-hydrogen) atoms. The highest BCUT2D eigenvalue weighted by Gasteiger charge is 2.49. The lowest BCUT2D eigenvalue weighted by Crippen LogP contribution is -2.50. The second kappa shape index (κ2) is 8.44. The van der Waals surface area contributed by atoms with Crippen LogP contribution in [0.3, 0.4) is 0 Å². The van der Waals surface area contributed by atoms with Crippen molar-refractivity contribution in [2.24, 2.45) is 10.8 Å². The van der Waals surface area contributed by atoms with Gasteiger partial charge in [-0.05, 0) is 26.8 Å². The number of benzene rings is 1. The van der Waals surface area contributed by atoms with Crippen molar-refractivity contribution in [2.75, 3.05) is 11.5 Å². The highest BCUT2D eigenvalue weighted by Crippen LogP contribution is 2.43. The van der Waals surface area contributed by atoms with E-state index in [0.717, 1.165) is 12.1 Å². The lowest BCUT2D eigenvalue weighted by atomic mass is 9.71. The van der Waals surface area contributed by atoms with E-state index in [9.17, 15) is 22.3 Å². The van der Waals surface area contributed by atoms with Gasteiger partial charge in [0.25, 0.3) is 0 Å². The lowest BCUT2D eigenvalue weighted by Gasteiger charge is -2.42. The SMILES string of the molecule is CC(C)(C)C#CCS(=O)(=O)CC(C)(C)C(O)(Cn1cncn1)c1ccc(F)cc1F. The van der Waals surface area contributed by atoms with E-state index in [1.807, 2.05) is 20.8 Å². The van der Waals surface area contributed by atoms with Crippen LogP contribution in [0.5, 0.6) is 0 Å². The Morgan fingerprint density at radius 1 is 1.17 bits per heavy atom. The van der Waals surface area contributed by atoms with Crippen LogP contribution in [-0.4, -0.2) is 39.8 Å². The summed E-state index contributed by atoms with van der Waals surface area (Å²) in [7, 11) is -3.73.